The van der Waals surface area contributed by atoms with Crippen molar-refractivity contribution in [2.24, 2.45) is 29.6 Å². The molecule has 1 saturated carbocycles. The molecule has 3 fully saturated rings. The first-order valence-electron chi connectivity index (χ1n) is 42.6. The second-order valence-electron chi connectivity index (χ2n) is 32.0. The number of carbonyl (C=O) groups excluding carboxylic acids is 9. The van der Waals surface area contributed by atoms with Gasteiger partial charge in [-0.25, -0.2) is 9.59 Å². The van der Waals surface area contributed by atoms with E-state index >= 15 is 0 Å². The van der Waals surface area contributed by atoms with Crippen LogP contribution in [-0.2, 0) is 90.5 Å². The third-order valence-corrected chi connectivity index (χ3v) is 22.5. The van der Waals surface area contributed by atoms with Gasteiger partial charge in [0.05, 0.1) is 37.4 Å². The number of rotatable bonds is 49. The van der Waals surface area contributed by atoms with E-state index in [-0.39, 0.29) is 102 Å². The lowest BCUT2D eigenvalue weighted by Gasteiger charge is -2.47. The number of aliphatic hydroxyl groups is 2. The maximum absolute atomic E-state index is 14.7. The fourth-order valence-electron chi connectivity index (χ4n) is 15.8. The van der Waals surface area contributed by atoms with E-state index in [9.17, 15) is 53.4 Å². The molecule has 0 aromatic heterocycles. The number of piperidine rings is 1. The van der Waals surface area contributed by atoms with Crippen molar-refractivity contribution in [2.75, 3.05) is 60.9 Å². The lowest BCUT2D eigenvalue weighted by atomic mass is 9.81. The van der Waals surface area contributed by atoms with E-state index in [4.69, 9.17) is 52.1 Å². The smallest absolute Gasteiger partial charge is 0.462 e. The van der Waals surface area contributed by atoms with Gasteiger partial charge in [-0.2, -0.15) is 0 Å². The summed E-state index contributed by atoms with van der Waals surface area (Å²) < 4.78 is 63.6. The van der Waals surface area contributed by atoms with Crippen molar-refractivity contribution in [2.45, 2.75) is 372 Å². The van der Waals surface area contributed by atoms with Crippen molar-refractivity contribution in [3.63, 3.8) is 0 Å². The topological polar surface area (TPSA) is 299 Å². The Morgan fingerprint density at radius 2 is 1.17 bits per heavy atom. The molecule has 23 heteroatoms. The van der Waals surface area contributed by atoms with Crippen molar-refractivity contribution >= 4 is 53.3 Å². The number of allylic oxidation sites excluding steroid dienone is 4. The Bertz CT molecular complexity index is 2720. The van der Waals surface area contributed by atoms with Crippen LogP contribution in [0.15, 0.2) is 36.0 Å². The fraction of sp³-hybridized carbons (Fsp3) is 0.828. The summed E-state index contributed by atoms with van der Waals surface area (Å²) in [6, 6.07) is -1.24. The van der Waals surface area contributed by atoms with Gasteiger partial charge in [0.25, 0.3) is 11.7 Å². The van der Waals surface area contributed by atoms with Crippen LogP contribution in [0.4, 0.5) is 4.79 Å². The number of amides is 1. The highest BCUT2D eigenvalue weighted by Crippen LogP contribution is 2.40. The minimum absolute atomic E-state index is 0.0154. The summed E-state index contributed by atoms with van der Waals surface area (Å²) in [5.74, 6) is -10.7. The van der Waals surface area contributed by atoms with Crippen LogP contribution in [0.3, 0.4) is 0 Å². The largest absolute Gasteiger partial charge is 0.508 e. The molecular formula is C87H145NO22. The molecule has 110 heavy (non-hydrogen) atoms. The zero-order valence-corrected chi connectivity index (χ0v) is 69.3. The van der Waals surface area contributed by atoms with E-state index in [1.807, 2.05) is 26.0 Å². The second-order valence-corrected chi connectivity index (χ2v) is 32.0. The van der Waals surface area contributed by atoms with E-state index in [0.29, 0.717) is 69.8 Å². The monoisotopic (exact) mass is 1560 g/mol. The number of esters is 4. The molecule has 630 valence electrons. The number of hydrogen-bond acceptors (Lipinski definition) is 22. The minimum Gasteiger partial charge on any atom is -0.462 e. The average molecular weight is 1560 g/mol. The van der Waals surface area contributed by atoms with Crippen LogP contribution in [0.2, 0.25) is 0 Å². The predicted octanol–water partition coefficient (Wildman–Crippen LogP) is 16.1. The van der Waals surface area contributed by atoms with E-state index in [1.165, 1.54) is 137 Å². The molecule has 3 heterocycles. The third-order valence-electron chi connectivity index (χ3n) is 22.5. The molecule has 0 spiro atoms. The van der Waals surface area contributed by atoms with Crippen molar-refractivity contribution in [1.29, 1.82) is 0 Å². The van der Waals surface area contributed by atoms with Crippen molar-refractivity contribution in [3.05, 3.63) is 36.0 Å². The molecule has 0 aromatic rings. The molecule has 2 saturated heterocycles. The van der Waals surface area contributed by atoms with Gasteiger partial charge in [-0.15, -0.1) is 6.58 Å². The van der Waals surface area contributed by atoms with Crippen molar-refractivity contribution < 1.29 is 105 Å². The number of unbranched alkanes of at least 4 members (excludes halogenated alkanes) is 24. The van der Waals surface area contributed by atoms with Gasteiger partial charge < -0.3 is 67.2 Å². The molecule has 0 radical (unpaired) electrons. The van der Waals surface area contributed by atoms with E-state index in [0.717, 1.165) is 49.0 Å². The summed E-state index contributed by atoms with van der Waals surface area (Å²) in [4.78, 5) is 124. The summed E-state index contributed by atoms with van der Waals surface area (Å²) >= 11 is 0. The molecular weight excluding hydrogens is 1410 g/mol. The van der Waals surface area contributed by atoms with Crippen LogP contribution in [0.25, 0.3) is 0 Å². The van der Waals surface area contributed by atoms with Gasteiger partial charge in [0.2, 0.25) is 5.79 Å². The Morgan fingerprint density at radius 3 is 1.71 bits per heavy atom. The Labute approximate surface area is 659 Å². The normalized spacial score (nSPS) is 26.7. The molecule has 14 atom stereocenters. The molecule has 1 unspecified atom stereocenters. The number of fused-ring (bicyclic) bond motifs is 3. The Balaban J connectivity index is 1.31. The van der Waals surface area contributed by atoms with Crippen LogP contribution < -0.4 is 0 Å². The number of carbonyl (C=O) groups is 9. The van der Waals surface area contributed by atoms with Crippen LogP contribution in [-0.4, -0.2) is 190 Å². The zero-order valence-electron chi connectivity index (χ0n) is 69.3. The number of nitrogens with zero attached hydrogens (tertiary/aromatic N) is 1. The van der Waals surface area contributed by atoms with Gasteiger partial charge in [0.1, 0.15) is 56.6 Å². The van der Waals surface area contributed by atoms with E-state index < -0.39 is 126 Å². The van der Waals surface area contributed by atoms with Gasteiger partial charge in [-0.3, -0.25) is 33.6 Å². The van der Waals surface area contributed by atoms with Gasteiger partial charge in [-0.05, 0) is 108 Å². The van der Waals surface area contributed by atoms with Crippen molar-refractivity contribution in [3.8, 4) is 0 Å². The van der Waals surface area contributed by atoms with Gasteiger partial charge >= 0.3 is 30.0 Å². The second kappa shape index (κ2) is 55.9. The number of cyclic esters (lactones) is 1. The Morgan fingerprint density at radius 1 is 0.636 bits per heavy atom. The standard InChI is InChI=1S/C87H145NO22/c1-12-15-17-19-21-23-25-27-29-31-33-35-37-43-78(92)105-60-70(61-106-79(93)44-38-36-34-32-30-28-26-24-22-20-18-16-13-2)107-80(94)48-46-69(89)59-103-50-51-104-86(98)108-74-47-45-67(57-75(74)100-9)55-64(6)81-66(8)72(90)58-73(91)68(41-14-3)53-62(4)52-63(5)54-76(101-10)82-77(102-11)56-65(7)87(99,110-82)83(95)84(96)88-49-40-39-42-71(88)85(97)109-81/h14,53,55,63,65-68,70-72,74-77,81-82,90,99H,3,12-13,15-52,54,56-61H2,1-2,4-11H3/b62-53+,64-55+/t63-,65+,66+,67?,68+,71-,72-,74+,75+,76-,77-,81+,82+,87+/m0/s1. The number of Topliss-reactive ketones (excluding diaryl/α,β-unsaturated/α-hetero) is 3. The number of ether oxygens (including phenoxy) is 11. The molecule has 0 aromatic carbocycles. The van der Waals surface area contributed by atoms with Crippen LogP contribution in [0.1, 0.15) is 312 Å². The maximum atomic E-state index is 14.7. The SMILES string of the molecule is C=CC[C@@H]1/C=C(\C)C[C@H](C)C[C@H](OC)[C@H]2O[C@@](O)(C(=O)C(=O)N3CCCC[C@H]3C(=O)O[C@H](/C(C)=C/C3CC[C@@H](OC(=O)OCCOCC(=O)CCC(=O)OC(COC(=O)CCCCCCCCCCCCCCC)COC(=O)CCCCCCCCCCCCCCC)[C@H](OC)C3)[C@H](C)[C@@H](O)CC1=O)[C@H](C)C[C@@H]2OC. The van der Waals surface area contributed by atoms with E-state index in [1.54, 1.807) is 26.8 Å². The van der Waals surface area contributed by atoms with Gasteiger partial charge in [0.15, 0.2) is 11.9 Å². The third kappa shape index (κ3) is 36.8. The number of aliphatic hydroxyl groups excluding tert-OH is 1. The molecule has 4 aliphatic rings. The summed E-state index contributed by atoms with van der Waals surface area (Å²) in [6.07, 6.45) is 31.3. The first-order valence-corrected chi connectivity index (χ1v) is 42.6. The quantitative estimate of drug-likeness (QED) is 0.0188. The molecule has 2 bridgehead atoms. The molecule has 4 rings (SSSR count). The summed E-state index contributed by atoms with van der Waals surface area (Å²) in [7, 11) is 4.51. The summed E-state index contributed by atoms with van der Waals surface area (Å²) in [5.41, 5.74) is 1.45. The Hall–Kier alpha value is -5.43. The molecule has 3 aliphatic heterocycles. The number of methoxy groups -OCH3 is 3. The summed E-state index contributed by atoms with van der Waals surface area (Å²) in [6.45, 7) is 16.0. The molecule has 2 N–H and O–H groups in total. The first-order chi connectivity index (χ1) is 52.9. The predicted molar refractivity (Wildman–Crippen MR) is 420 cm³/mol. The molecule has 1 aliphatic carbocycles. The maximum Gasteiger partial charge on any atom is 0.508 e. The van der Waals surface area contributed by atoms with Crippen molar-refractivity contribution in [1.82, 2.24) is 4.90 Å². The van der Waals surface area contributed by atoms with Gasteiger partial charge in [-0.1, -0.05) is 213 Å². The molecule has 23 nitrogen and oxygen atoms in total. The van der Waals surface area contributed by atoms with Crippen LogP contribution in [0.5, 0.6) is 0 Å². The fourth-order valence-corrected chi connectivity index (χ4v) is 15.8. The molecule has 1 amide bonds. The van der Waals surface area contributed by atoms with Crippen LogP contribution in [0, 0.1) is 29.6 Å². The average Bonchev–Trinajstić information content (AvgIpc) is 0.776. The van der Waals surface area contributed by atoms with Crippen LogP contribution >= 0.6 is 0 Å². The first kappa shape index (κ1) is 96.9. The summed E-state index contributed by atoms with van der Waals surface area (Å²) in [5, 5.41) is 24.3. The van der Waals surface area contributed by atoms with E-state index in [2.05, 4.69) is 20.4 Å². The lowest BCUT2D eigenvalue weighted by Crippen LogP contribution is -2.64. The Kier molecular flexibility index (Phi) is 49.3. The minimum atomic E-state index is -2.59. The van der Waals surface area contributed by atoms with Gasteiger partial charge in [0, 0.05) is 71.3 Å². The lowest BCUT2D eigenvalue weighted by molar-refractivity contribution is -0.302. The zero-order chi connectivity index (χ0) is 80.6. The highest BCUT2D eigenvalue weighted by molar-refractivity contribution is 6.39. The highest BCUT2D eigenvalue weighted by Gasteiger charge is 2.57. The number of ketones is 3. The number of hydrogen-bond donors (Lipinski definition) is 2. The highest BCUT2D eigenvalue weighted by atomic mass is 16.7.